The van der Waals surface area contributed by atoms with Crippen molar-refractivity contribution in [1.82, 2.24) is 0 Å². The number of anilines is 1. The van der Waals surface area contributed by atoms with Gasteiger partial charge in [-0.1, -0.05) is 11.6 Å². The maximum atomic E-state index is 12.0. The molecule has 0 spiro atoms. The molecule has 0 atom stereocenters. The standard InChI is InChI=1S/C13H12ClNO3/c1-8-5-6-18-12(8)13(16)15-10-7-9(14)3-4-11(10)17-2/h3-7H,1-2H3,(H,15,16). The van der Waals surface area contributed by atoms with E-state index in [1.807, 2.05) is 0 Å². The molecule has 1 N–H and O–H groups in total. The molecule has 2 rings (SSSR count). The van der Waals surface area contributed by atoms with Crippen LogP contribution in [-0.2, 0) is 0 Å². The van der Waals surface area contributed by atoms with Gasteiger partial charge in [-0.05, 0) is 31.2 Å². The Morgan fingerprint density at radius 1 is 1.39 bits per heavy atom. The second-order valence-corrected chi connectivity index (χ2v) is 4.17. The summed E-state index contributed by atoms with van der Waals surface area (Å²) in [6.07, 6.45) is 1.47. The Morgan fingerprint density at radius 3 is 2.78 bits per heavy atom. The average molecular weight is 266 g/mol. The summed E-state index contributed by atoms with van der Waals surface area (Å²) in [6.45, 7) is 1.80. The molecule has 4 nitrogen and oxygen atoms in total. The normalized spacial score (nSPS) is 10.2. The van der Waals surface area contributed by atoms with Crippen molar-refractivity contribution in [2.24, 2.45) is 0 Å². The summed E-state index contributed by atoms with van der Waals surface area (Å²) < 4.78 is 10.3. The van der Waals surface area contributed by atoms with E-state index in [-0.39, 0.29) is 11.7 Å². The first-order chi connectivity index (χ1) is 8.61. The zero-order chi connectivity index (χ0) is 13.1. The highest BCUT2D eigenvalue weighted by atomic mass is 35.5. The van der Waals surface area contributed by atoms with Crippen molar-refractivity contribution >= 4 is 23.2 Å². The Labute approximate surface area is 110 Å². The molecule has 1 aromatic carbocycles. The number of benzene rings is 1. The van der Waals surface area contributed by atoms with Gasteiger partial charge in [-0.25, -0.2) is 0 Å². The second kappa shape index (κ2) is 5.14. The number of carbonyl (C=O) groups is 1. The van der Waals surface area contributed by atoms with Gasteiger partial charge in [0, 0.05) is 10.6 Å². The Bertz CT molecular complexity index is 577. The highest BCUT2D eigenvalue weighted by Gasteiger charge is 2.15. The molecule has 0 aliphatic rings. The predicted octanol–water partition coefficient (Wildman–Crippen LogP) is 3.50. The quantitative estimate of drug-likeness (QED) is 0.924. The van der Waals surface area contributed by atoms with Crippen molar-refractivity contribution in [3.05, 3.63) is 46.9 Å². The van der Waals surface area contributed by atoms with Crippen molar-refractivity contribution < 1.29 is 13.9 Å². The molecule has 0 saturated heterocycles. The maximum absolute atomic E-state index is 12.0. The van der Waals surface area contributed by atoms with E-state index in [0.29, 0.717) is 16.5 Å². The highest BCUT2D eigenvalue weighted by Crippen LogP contribution is 2.28. The molecule has 0 radical (unpaired) electrons. The third-order valence-corrected chi connectivity index (χ3v) is 2.71. The highest BCUT2D eigenvalue weighted by molar-refractivity contribution is 6.31. The van der Waals surface area contributed by atoms with Crippen molar-refractivity contribution in [2.75, 3.05) is 12.4 Å². The fourth-order valence-electron chi connectivity index (χ4n) is 1.56. The van der Waals surface area contributed by atoms with Gasteiger partial charge < -0.3 is 14.5 Å². The Balaban J connectivity index is 2.27. The zero-order valence-corrected chi connectivity index (χ0v) is 10.7. The molecule has 1 aromatic heterocycles. The number of methoxy groups -OCH3 is 1. The lowest BCUT2D eigenvalue weighted by molar-refractivity contribution is 0.0995. The molecule has 0 bridgehead atoms. The zero-order valence-electron chi connectivity index (χ0n) is 9.99. The Hall–Kier alpha value is -1.94. The number of amides is 1. The van der Waals surface area contributed by atoms with Crippen LogP contribution in [0, 0.1) is 6.92 Å². The van der Waals surface area contributed by atoms with Gasteiger partial charge in [0.15, 0.2) is 5.76 Å². The largest absolute Gasteiger partial charge is 0.495 e. The van der Waals surface area contributed by atoms with Crippen LogP contribution in [-0.4, -0.2) is 13.0 Å². The molecule has 0 unspecified atom stereocenters. The summed E-state index contributed by atoms with van der Waals surface area (Å²) in [4.78, 5) is 12.0. The van der Waals surface area contributed by atoms with Gasteiger partial charge in [0.25, 0.3) is 5.91 Å². The van der Waals surface area contributed by atoms with Crippen LogP contribution in [0.3, 0.4) is 0 Å². The topological polar surface area (TPSA) is 51.5 Å². The molecular formula is C13H12ClNO3. The number of hydrogen-bond acceptors (Lipinski definition) is 3. The van der Waals surface area contributed by atoms with Gasteiger partial charge in [0.2, 0.25) is 0 Å². The number of carbonyl (C=O) groups excluding carboxylic acids is 1. The van der Waals surface area contributed by atoms with Gasteiger partial charge in [-0.2, -0.15) is 0 Å². The van der Waals surface area contributed by atoms with Crippen molar-refractivity contribution in [1.29, 1.82) is 0 Å². The first-order valence-electron chi connectivity index (χ1n) is 5.31. The molecule has 5 heteroatoms. The number of aryl methyl sites for hydroxylation is 1. The summed E-state index contributed by atoms with van der Waals surface area (Å²) in [5.41, 5.74) is 1.28. The van der Waals surface area contributed by atoms with Crippen LogP contribution in [0.1, 0.15) is 16.1 Å². The lowest BCUT2D eigenvalue weighted by Gasteiger charge is -2.09. The summed E-state index contributed by atoms with van der Waals surface area (Å²) in [7, 11) is 1.52. The second-order valence-electron chi connectivity index (χ2n) is 3.73. The summed E-state index contributed by atoms with van der Waals surface area (Å²) in [6, 6.07) is 6.72. The molecule has 18 heavy (non-hydrogen) atoms. The van der Waals surface area contributed by atoms with Crippen LogP contribution in [0.4, 0.5) is 5.69 Å². The van der Waals surface area contributed by atoms with Gasteiger partial charge in [-0.15, -0.1) is 0 Å². The fraction of sp³-hybridized carbons (Fsp3) is 0.154. The molecule has 0 fully saturated rings. The molecule has 1 heterocycles. The van der Waals surface area contributed by atoms with Crippen LogP contribution in [0.15, 0.2) is 34.9 Å². The van der Waals surface area contributed by atoms with Gasteiger partial charge in [0.1, 0.15) is 5.75 Å². The van der Waals surface area contributed by atoms with E-state index >= 15 is 0 Å². The third-order valence-electron chi connectivity index (χ3n) is 2.48. The molecule has 0 aliphatic carbocycles. The van der Waals surface area contributed by atoms with Crippen LogP contribution < -0.4 is 10.1 Å². The third kappa shape index (κ3) is 2.49. The fourth-order valence-corrected chi connectivity index (χ4v) is 1.73. The lowest BCUT2D eigenvalue weighted by atomic mass is 10.2. The van der Waals surface area contributed by atoms with E-state index in [1.54, 1.807) is 31.2 Å². The first kappa shape index (κ1) is 12.5. The monoisotopic (exact) mass is 265 g/mol. The van der Waals surface area contributed by atoms with Crippen LogP contribution in [0.2, 0.25) is 5.02 Å². The van der Waals surface area contributed by atoms with Crippen LogP contribution >= 0.6 is 11.6 Å². The molecule has 2 aromatic rings. The molecular weight excluding hydrogens is 254 g/mol. The Morgan fingerprint density at radius 2 is 2.17 bits per heavy atom. The maximum Gasteiger partial charge on any atom is 0.291 e. The minimum Gasteiger partial charge on any atom is -0.495 e. The summed E-state index contributed by atoms with van der Waals surface area (Å²) in [5.74, 6) is 0.479. The first-order valence-corrected chi connectivity index (χ1v) is 5.68. The summed E-state index contributed by atoms with van der Waals surface area (Å²) >= 11 is 5.88. The van der Waals surface area contributed by atoms with Crippen LogP contribution in [0.5, 0.6) is 5.75 Å². The van der Waals surface area contributed by atoms with E-state index in [2.05, 4.69) is 5.32 Å². The lowest BCUT2D eigenvalue weighted by Crippen LogP contribution is -2.12. The predicted molar refractivity (Wildman–Crippen MR) is 69.4 cm³/mol. The Kier molecular flexibility index (Phi) is 3.58. The minimum atomic E-state index is -0.335. The van der Waals surface area contributed by atoms with Gasteiger partial charge >= 0.3 is 0 Å². The van der Waals surface area contributed by atoms with E-state index in [4.69, 9.17) is 20.8 Å². The smallest absolute Gasteiger partial charge is 0.291 e. The molecule has 0 saturated carbocycles. The average Bonchev–Trinajstić information content (AvgIpc) is 2.76. The SMILES string of the molecule is COc1ccc(Cl)cc1NC(=O)c1occc1C. The van der Waals surface area contributed by atoms with E-state index in [9.17, 15) is 4.79 Å². The summed E-state index contributed by atoms with van der Waals surface area (Å²) in [5, 5.41) is 3.22. The van der Waals surface area contributed by atoms with E-state index < -0.39 is 0 Å². The number of nitrogens with one attached hydrogen (secondary N) is 1. The number of ether oxygens (including phenoxy) is 1. The van der Waals surface area contributed by atoms with E-state index in [1.165, 1.54) is 13.4 Å². The van der Waals surface area contributed by atoms with Crippen molar-refractivity contribution in [3.63, 3.8) is 0 Å². The number of halogens is 1. The number of hydrogen-bond donors (Lipinski definition) is 1. The van der Waals surface area contributed by atoms with Crippen molar-refractivity contribution in [3.8, 4) is 5.75 Å². The van der Waals surface area contributed by atoms with Gasteiger partial charge in [0.05, 0.1) is 19.1 Å². The molecule has 1 amide bonds. The molecule has 94 valence electrons. The number of rotatable bonds is 3. The minimum absolute atomic E-state index is 0.275. The number of furan rings is 1. The molecule has 0 aliphatic heterocycles. The van der Waals surface area contributed by atoms with Gasteiger partial charge in [-0.3, -0.25) is 4.79 Å². The van der Waals surface area contributed by atoms with E-state index in [0.717, 1.165) is 5.56 Å². The van der Waals surface area contributed by atoms with Crippen molar-refractivity contribution in [2.45, 2.75) is 6.92 Å². The van der Waals surface area contributed by atoms with Crippen LogP contribution in [0.25, 0.3) is 0 Å².